The number of halogens is 3. The molecule has 2 aliphatic rings. The van der Waals surface area contributed by atoms with Crippen LogP contribution in [0.2, 0.25) is 0 Å². The van der Waals surface area contributed by atoms with Gasteiger partial charge >= 0.3 is 19.6 Å². The molecule has 2 aliphatic heterocycles. The number of nitrogens with one attached hydrogen (secondary N) is 1. The lowest BCUT2D eigenvalue weighted by atomic mass is 9.92. The summed E-state index contributed by atoms with van der Waals surface area (Å²) in [6.07, 6.45) is -4.03. The highest BCUT2D eigenvalue weighted by Gasteiger charge is 2.38. The van der Waals surface area contributed by atoms with Gasteiger partial charge in [-0.15, -0.1) is 0 Å². The minimum Gasteiger partial charge on any atom is -0.444 e. The number of hydrogen-bond acceptors (Lipinski definition) is 8. The van der Waals surface area contributed by atoms with Crippen molar-refractivity contribution < 1.29 is 42.2 Å². The second-order valence-electron chi connectivity index (χ2n) is 12.1. The predicted octanol–water partition coefficient (Wildman–Crippen LogP) is 3.24. The van der Waals surface area contributed by atoms with Gasteiger partial charge in [-0.2, -0.15) is 18.4 Å². The molecule has 1 aromatic carbocycles. The van der Waals surface area contributed by atoms with Crippen molar-refractivity contribution in [1.29, 1.82) is 5.26 Å². The zero-order valence-corrected chi connectivity index (χ0v) is 24.3. The Morgan fingerprint density at radius 2 is 1.90 bits per heavy atom. The Morgan fingerprint density at radius 1 is 1.24 bits per heavy atom. The topological polar surface area (TPSA) is 135 Å². The number of nitrogens with zero attached hydrogens (tertiary/aromatic N) is 3. The van der Waals surface area contributed by atoms with E-state index < -0.39 is 48.9 Å². The summed E-state index contributed by atoms with van der Waals surface area (Å²) in [6, 6.07) is 6.14. The minimum atomic E-state index is -4.52. The Hall–Kier alpha value is -3.12. The third kappa shape index (κ3) is 9.45. The van der Waals surface area contributed by atoms with Crippen LogP contribution in [0.5, 0.6) is 0 Å². The molecule has 230 valence electrons. The summed E-state index contributed by atoms with van der Waals surface area (Å²) in [4.78, 5) is 29.6. The smallest absolute Gasteiger partial charge is 0.444 e. The number of amides is 2. The average molecular weight is 594 g/mol. The van der Waals surface area contributed by atoms with E-state index in [0.29, 0.717) is 24.9 Å². The van der Waals surface area contributed by atoms with Gasteiger partial charge in [-0.05, 0) is 68.8 Å². The largest absolute Gasteiger partial charge is 0.635 e. The number of alkyl halides is 3. The quantitative estimate of drug-likeness (QED) is 0.172. The Morgan fingerprint density at radius 3 is 2.45 bits per heavy atom. The van der Waals surface area contributed by atoms with E-state index >= 15 is 0 Å². The first-order chi connectivity index (χ1) is 19.5. The van der Waals surface area contributed by atoms with Crippen molar-refractivity contribution in [3.63, 3.8) is 0 Å². The van der Waals surface area contributed by atoms with Gasteiger partial charge in [0.15, 0.2) is 0 Å². The van der Waals surface area contributed by atoms with Gasteiger partial charge in [-0.25, -0.2) is 4.79 Å². The third-order valence-corrected chi connectivity index (χ3v) is 7.55. The molecule has 1 aromatic rings. The van der Waals surface area contributed by atoms with Crippen molar-refractivity contribution in [2.45, 2.75) is 77.4 Å². The van der Waals surface area contributed by atoms with Crippen molar-refractivity contribution >= 4 is 19.3 Å². The number of rotatable bonds is 9. The minimum absolute atomic E-state index is 0.0109. The molecule has 2 fully saturated rings. The van der Waals surface area contributed by atoms with Crippen LogP contribution in [-0.4, -0.2) is 83.2 Å². The third-order valence-electron chi connectivity index (χ3n) is 7.55. The molecule has 3 rings (SSSR count). The van der Waals surface area contributed by atoms with Crippen LogP contribution in [0.25, 0.3) is 0 Å². The molecule has 0 bridgehead atoms. The molecular formula is C28H38BF3N4O6. The number of carbonyl (C=O) groups is 2. The van der Waals surface area contributed by atoms with E-state index in [1.54, 1.807) is 6.08 Å². The fourth-order valence-corrected chi connectivity index (χ4v) is 5.22. The van der Waals surface area contributed by atoms with Gasteiger partial charge in [-0.3, -0.25) is 15.0 Å². The van der Waals surface area contributed by atoms with Gasteiger partial charge in [0, 0.05) is 25.0 Å². The Kier molecular flexibility index (Phi) is 10.7. The Balaban J connectivity index is 1.61. The number of ether oxygens (including phenoxy) is 1. The number of piperidine rings is 1. The lowest BCUT2D eigenvalue weighted by molar-refractivity contribution is -0.137. The summed E-state index contributed by atoms with van der Waals surface area (Å²) in [5.41, 5.74) is -0.875. The SMILES string of the molecule is CC1(C)CCN(C(C)(C)C=C(C#N)C(=O)N2CCC[C@H](OC(=O)N[C@@H](Cc3ccc(C(F)(F)F)cc3)OB(O)O)C2)C1. The molecule has 10 nitrogen and oxygen atoms in total. The number of benzene rings is 1. The van der Waals surface area contributed by atoms with Crippen molar-refractivity contribution in [2.24, 2.45) is 5.41 Å². The summed E-state index contributed by atoms with van der Waals surface area (Å²) in [6.45, 7) is 10.4. The van der Waals surface area contributed by atoms with Gasteiger partial charge in [0.05, 0.1) is 12.1 Å². The number of carbonyl (C=O) groups excluding carboxylic acids is 2. The van der Waals surface area contributed by atoms with Crippen LogP contribution in [0.3, 0.4) is 0 Å². The van der Waals surface area contributed by atoms with Crippen molar-refractivity contribution in [2.75, 3.05) is 26.2 Å². The maximum atomic E-state index is 13.3. The summed E-state index contributed by atoms with van der Waals surface area (Å²) in [7, 11) is -2.26. The van der Waals surface area contributed by atoms with Crippen molar-refractivity contribution in [3.05, 3.63) is 47.0 Å². The summed E-state index contributed by atoms with van der Waals surface area (Å²) < 4.78 is 48.9. The van der Waals surface area contributed by atoms with Crippen LogP contribution in [0.4, 0.5) is 18.0 Å². The number of likely N-dealkylation sites (tertiary alicyclic amines) is 2. The van der Waals surface area contributed by atoms with Gasteiger partial charge in [0.2, 0.25) is 0 Å². The number of hydrogen-bond donors (Lipinski definition) is 3. The van der Waals surface area contributed by atoms with Crippen LogP contribution in [-0.2, 0) is 26.8 Å². The first-order valence-corrected chi connectivity index (χ1v) is 13.8. The van der Waals surface area contributed by atoms with E-state index in [2.05, 4.69) is 24.1 Å². The molecule has 3 N–H and O–H groups in total. The monoisotopic (exact) mass is 594 g/mol. The molecule has 42 heavy (non-hydrogen) atoms. The van der Waals surface area contributed by atoms with Crippen LogP contribution < -0.4 is 5.32 Å². The fourth-order valence-electron chi connectivity index (χ4n) is 5.22. The molecule has 2 heterocycles. The molecule has 14 heteroatoms. The molecule has 2 atom stereocenters. The van der Waals surface area contributed by atoms with E-state index in [0.717, 1.165) is 31.6 Å². The zero-order valence-electron chi connectivity index (χ0n) is 24.3. The normalized spacial score (nSPS) is 20.5. The van der Waals surface area contributed by atoms with Crippen LogP contribution in [0.15, 0.2) is 35.9 Å². The van der Waals surface area contributed by atoms with Crippen LogP contribution in [0, 0.1) is 16.7 Å². The highest BCUT2D eigenvalue weighted by atomic mass is 19.4. The molecule has 2 saturated heterocycles. The van der Waals surface area contributed by atoms with Crippen LogP contribution >= 0.6 is 0 Å². The van der Waals surface area contributed by atoms with E-state index in [9.17, 15) is 38.1 Å². The molecule has 0 saturated carbocycles. The molecule has 0 spiro atoms. The predicted molar refractivity (Wildman–Crippen MR) is 147 cm³/mol. The molecule has 0 unspecified atom stereocenters. The fraction of sp³-hybridized carbons (Fsp3) is 0.607. The van der Waals surface area contributed by atoms with Crippen LogP contribution in [0.1, 0.15) is 58.1 Å². The highest BCUT2D eigenvalue weighted by molar-refractivity contribution is 6.32. The second-order valence-corrected chi connectivity index (χ2v) is 12.1. The van der Waals surface area contributed by atoms with E-state index in [1.165, 1.54) is 17.0 Å². The summed E-state index contributed by atoms with van der Waals surface area (Å²) >= 11 is 0. The maximum absolute atomic E-state index is 13.3. The van der Waals surface area contributed by atoms with Crippen molar-refractivity contribution in [1.82, 2.24) is 15.1 Å². The Labute approximate surface area is 244 Å². The van der Waals surface area contributed by atoms with Gasteiger partial charge < -0.3 is 24.3 Å². The van der Waals surface area contributed by atoms with E-state index in [4.69, 9.17) is 9.39 Å². The maximum Gasteiger partial charge on any atom is 0.635 e. The number of alkyl carbamates (subject to hydrolysis) is 1. The molecule has 2 amide bonds. The first-order valence-electron chi connectivity index (χ1n) is 13.8. The molecule has 0 radical (unpaired) electrons. The first kappa shape index (κ1) is 33.4. The average Bonchev–Trinajstić information content (AvgIpc) is 3.27. The van der Waals surface area contributed by atoms with E-state index in [1.807, 2.05) is 19.9 Å². The van der Waals surface area contributed by atoms with Gasteiger partial charge in [0.1, 0.15) is 24.0 Å². The van der Waals surface area contributed by atoms with Crippen molar-refractivity contribution in [3.8, 4) is 6.07 Å². The lowest BCUT2D eigenvalue weighted by Crippen LogP contribution is -2.48. The molecule has 0 aliphatic carbocycles. The summed E-state index contributed by atoms with van der Waals surface area (Å²) in [5.74, 6) is -0.454. The zero-order chi connectivity index (χ0) is 31.3. The van der Waals surface area contributed by atoms with Gasteiger partial charge in [-0.1, -0.05) is 26.0 Å². The van der Waals surface area contributed by atoms with E-state index in [-0.39, 0.29) is 24.0 Å². The molecular weight excluding hydrogens is 556 g/mol. The number of nitriles is 1. The highest BCUT2D eigenvalue weighted by Crippen LogP contribution is 2.34. The standard InChI is InChI=1S/C28H38BF3N4O6/c1-26(2)11-13-36(18-26)27(3,4)15-20(16-33)24(37)35-12-5-6-22(17-35)41-25(38)34-23(42-29(39)40)14-19-7-9-21(10-8-19)28(30,31)32/h7-10,15,22-23,39-40H,5-6,11-14,17-18H2,1-4H3,(H,34,38)/t22-,23+/m0/s1. The second kappa shape index (κ2) is 13.5. The summed E-state index contributed by atoms with van der Waals surface area (Å²) in [5, 5.41) is 30.6. The molecule has 0 aromatic heterocycles. The lowest BCUT2D eigenvalue weighted by Gasteiger charge is -2.35. The van der Waals surface area contributed by atoms with Gasteiger partial charge in [0.25, 0.3) is 5.91 Å². The Bertz CT molecular complexity index is 1180.